The van der Waals surface area contributed by atoms with Gasteiger partial charge in [0.05, 0.1) is 45.5 Å². The summed E-state index contributed by atoms with van der Waals surface area (Å²) in [5.74, 6) is 0.692. The second-order valence-electron chi connectivity index (χ2n) is 5.96. The highest BCUT2D eigenvalue weighted by molar-refractivity contribution is 7.85. The molecule has 0 radical (unpaired) electrons. The summed E-state index contributed by atoms with van der Waals surface area (Å²) in [7, 11) is 0.324. The van der Waals surface area contributed by atoms with E-state index in [1.54, 1.807) is 12.0 Å². The lowest BCUT2D eigenvalue weighted by molar-refractivity contribution is -0.117. The molecule has 130 valence electrons. The van der Waals surface area contributed by atoms with Crippen LogP contribution in [-0.4, -0.2) is 17.2 Å². The van der Waals surface area contributed by atoms with Gasteiger partial charge in [0.2, 0.25) is 5.91 Å². The fraction of sp³-hybridized carbons (Fsp3) is 0.0952. The Labute approximate surface area is 154 Å². The summed E-state index contributed by atoms with van der Waals surface area (Å²) >= 11 is 0. The van der Waals surface area contributed by atoms with Crippen LogP contribution in [0.2, 0.25) is 0 Å². The molecule has 26 heavy (non-hydrogen) atoms. The number of para-hydroxylation sites is 2. The number of hydrogen-bond acceptors (Lipinski definition) is 3. The van der Waals surface area contributed by atoms with Crippen LogP contribution in [0.15, 0.2) is 82.6 Å². The molecule has 0 saturated heterocycles. The van der Waals surface area contributed by atoms with E-state index in [-0.39, 0.29) is 12.3 Å². The van der Waals surface area contributed by atoms with Crippen LogP contribution >= 0.6 is 0 Å². The Morgan fingerprint density at radius 2 is 1.42 bits per heavy atom. The molecule has 0 unspecified atom stereocenters. The second kappa shape index (κ2) is 6.77. The van der Waals surface area contributed by atoms with Gasteiger partial charge in [-0.2, -0.15) is 0 Å². The predicted octanol–water partition coefficient (Wildman–Crippen LogP) is 4.08. The quantitative estimate of drug-likeness (QED) is 0.704. The number of hydrogen-bond donors (Lipinski definition) is 0. The van der Waals surface area contributed by atoms with E-state index in [1.807, 2.05) is 72.8 Å². The fourth-order valence-corrected chi connectivity index (χ4v) is 4.45. The van der Waals surface area contributed by atoms with Gasteiger partial charge < -0.3 is 4.74 Å². The molecule has 0 bridgehead atoms. The van der Waals surface area contributed by atoms with Gasteiger partial charge in [-0.05, 0) is 42.0 Å². The number of carbonyl (C=O) groups excluding carboxylic acids is 1. The molecule has 0 aliphatic carbocycles. The van der Waals surface area contributed by atoms with Crippen molar-refractivity contribution in [3.63, 3.8) is 0 Å². The van der Waals surface area contributed by atoms with Crippen molar-refractivity contribution in [2.24, 2.45) is 0 Å². The molecule has 0 fully saturated rings. The van der Waals surface area contributed by atoms with Gasteiger partial charge in [0.1, 0.15) is 5.75 Å². The first-order valence-corrected chi connectivity index (χ1v) is 9.40. The highest BCUT2D eigenvalue weighted by Gasteiger charge is 2.31. The summed E-state index contributed by atoms with van der Waals surface area (Å²) in [4.78, 5) is 16.1. The first kappa shape index (κ1) is 16.5. The fourth-order valence-electron chi connectivity index (χ4n) is 3.11. The highest BCUT2D eigenvalue weighted by atomic mass is 32.2. The van der Waals surface area contributed by atoms with E-state index in [0.29, 0.717) is 21.2 Å². The first-order valence-electron chi connectivity index (χ1n) is 8.25. The van der Waals surface area contributed by atoms with Crippen LogP contribution in [0.4, 0.5) is 11.4 Å². The van der Waals surface area contributed by atoms with Crippen LogP contribution in [0.3, 0.4) is 0 Å². The topological polar surface area (TPSA) is 46.6 Å². The van der Waals surface area contributed by atoms with E-state index >= 15 is 0 Å². The summed E-state index contributed by atoms with van der Waals surface area (Å²) in [6, 6.07) is 22.2. The van der Waals surface area contributed by atoms with Crippen molar-refractivity contribution in [2.75, 3.05) is 12.0 Å². The molecule has 4 nitrogen and oxygen atoms in total. The summed E-state index contributed by atoms with van der Waals surface area (Å²) in [5.41, 5.74) is 2.27. The molecule has 0 N–H and O–H groups in total. The van der Waals surface area contributed by atoms with Gasteiger partial charge in [-0.25, -0.2) is 4.21 Å². The highest BCUT2D eigenvalue weighted by Crippen LogP contribution is 2.42. The van der Waals surface area contributed by atoms with Crippen molar-refractivity contribution < 1.29 is 13.7 Å². The van der Waals surface area contributed by atoms with E-state index in [1.165, 1.54) is 0 Å². The van der Waals surface area contributed by atoms with E-state index in [2.05, 4.69) is 0 Å². The third-order valence-electron chi connectivity index (χ3n) is 4.38. The van der Waals surface area contributed by atoms with E-state index < -0.39 is 10.8 Å². The van der Waals surface area contributed by atoms with Gasteiger partial charge in [0.25, 0.3) is 0 Å². The summed E-state index contributed by atoms with van der Waals surface area (Å²) in [6.07, 6.45) is 0.249. The van der Waals surface area contributed by atoms with Gasteiger partial charge in [-0.1, -0.05) is 36.4 Å². The van der Waals surface area contributed by atoms with Crippen molar-refractivity contribution in [1.82, 2.24) is 0 Å². The summed E-state index contributed by atoms with van der Waals surface area (Å²) < 4.78 is 18.0. The maximum Gasteiger partial charge on any atom is 0.236 e. The minimum absolute atomic E-state index is 0.0632. The third-order valence-corrected chi connectivity index (χ3v) is 5.86. The first-order chi connectivity index (χ1) is 12.7. The van der Waals surface area contributed by atoms with E-state index in [4.69, 9.17) is 4.74 Å². The molecular formula is C21H17NO3S. The van der Waals surface area contributed by atoms with Crippen molar-refractivity contribution in [3.8, 4) is 5.75 Å². The number of anilines is 2. The minimum atomic E-state index is -1.29. The molecule has 4 rings (SSSR count). The average Bonchev–Trinajstić information content (AvgIpc) is 2.69. The molecule has 0 aromatic heterocycles. The predicted molar refractivity (Wildman–Crippen MR) is 101 cm³/mol. The summed E-state index contributed by atoms with van der Waals surface area (Å²) in [6.45, 7) is 0. The number of amides is 1. The lowest BCUT2D eigenvalue weighted by Gasteiger charge is -2.31. The zero-order valence-corrected chi connectivity index (χ0v) is 15.0. The molecule has 1 amide bonds. The van der Waals surface area contributed by atoms with E-state index in [0.717, 1.165) is 11.3 Å². The smallest absolute Gasteiger partial charge is 0.236 e. The monoisotopic (exact) mass is 363 g/mol. The van der Waals surface area contributed by atoms with Gasteiger partial charge >= 0.3 is 0 Å². The molecule has 1 aliphatic rings. The van der Waals surface area contributed by atoms with Gasteiger partial charge in [0, 0.05) is 0 Å². The van der Waals surface area contributed by atoms with Crippen LogP contribution in [0.5, 0.6) is 5.75 Å². The van der Waals surface area contributed by atoms with Crippen molar-refractivity contribution >= 4 is 28.1 Å². The number of rotatable bonds is 3. The van der Waals surface area contributed by atoms with Gasteiger partial charge in [-0.3, -0.25) is 9.69 Å². The van der Waals surface area contributed by atoms with Crippen LogP contribution in [0.1, 0.15) is 5.56 Å². The number of fused-ring (bicyclic) bond motifs is 2. The molecule has 3 aromatic carbocycles. The lowest BCUT2D eigenvalue weighted by atomic mass is 10.1. The van der Waals surface area contributed by atoms with E-state index in [9.17, 15) is 9.00 Å². The number of nitrogens with zero attached hydrogens (tertiary/aromatic N) is 1. The van der Waals surface area contributed by atoms with Gasteiger partial charge in [0.15, 0.2) is 0 Å². The number of methoxy groups -OCH3 is 1. The van der Waals surface area contributed by atoms with Crippen LogP contribution in [0, 0.1) is 0 Å². The second-order valence-corrected chi connectivity index (χ2v) is 7.38. The zero-order valence-electron chi connectivity index (χ0n) is 14.2. The largest absolute Gasteiger partial charge is 0.497 e. The minimum Gasteiger partial charge on any atom is -0.497 e. The Morgan fingerprint density at radius 3 is 1.96 bits per heavy atom. The maximum atomic E-state index is 13.1. The molecule has 1 aliphatic heterocycles. The number of carbonyl (C=O) groups is 1. The SMILES string of the molecule is COc1ccc(CC(=O)N2c3ccccc3S(=O)c3ccccc32)cc1. The van der Waals surface area contributed by atoms with Crippen molar-refractivity contribution in [2.45, 2.75) is 16.2 Å². The molecule has 0 atom stereocenters. The molecule has 0 saturated carbocycles. The molecule has 5 heteroatoms. The standard InChI is InChI=1S/C21H17NO3S/c1-25-16-12-10-15(11-13-16)14-21(23)22-17-6-2-4-8-19(17)26(24)20-9-5-3-7-18(20)22/h2-13H,14H2,1H3. The number of benzene rings is 3. The zero-order chi connectivity index (χ0) is 18.1. The normalized spacial score (nSPS) is 13.0. The Morgan fingerprint density at radius 1 is 0.885 bits per heavy atom. The summed E-state index contributed by atoms with van der Waals surface area (Å²) in [5, 5.41) is 0. The van der Waals surface area contributed by atoms with Crippen molar-refractivity contribution in [1.29, 1.82) is 0 Å². The molecule has 1 heterocycles. The molecule has 0 spiro atoms. The Kier molecular flexibility index (Phi) is 4.31. The van der Waals surface area contributed by atoms with Crippen LogP contribution in [-0.2, 0) is 22.0 Å². The molecule has 3 aromatic rings. The molecular weight excluding hydrogens is 346 g/mol. The average molecular weight is 363 g/mol. The number of ether oxygens (including phenoxy) is 1. The Hall–Kier alpha value is -2.92. The van der Waals surface area contributed by atoms with Crippen LogP contribution < -0.4 is 9.64 Å². The Bertz CT molecular complexity index is 949. The Balaban J connectivity index is 1.74. The third kappa shape index (κ3) is 2.80. The van der Waals surface area contributed by atoms with Crippen molar-refractivity contribution in [3.05, 3.63) is 78.4 Å². The van der Waals surface area contributed by atoms with Crippen LogP contribution in [0.25, 0.3) is 0 Å². The lowest BCUT2D eigenvalue weighted by Crippen LogP contribution is -2.31. The maximum absolute atomic E-state index is 13.1. The van der Waals surface area contributed by atoms with Gasteiger partial charge in [-0.15, -0.1) is 0 Å².